The Hall–Kier alpha value is 0.160. The molecule has 28 heavy (non-hydrogen) atoms. The van der Waals surface area contributed by atoms with Gasteiger partial charge in [0.1, 0.15) is 0 Å². The van der Waals surface area contributed by atoms with Crippen LogP contribution in [-0.4, -0.2) is 88.4 Å². The number of thioether (sulfide) groups is 1. The third-order valence-corrected chi connectivity index (χ3v) is 7.49. The summed E-state index contributed by atoms with van der Waals surface area (Å²) < 4.78 is 0.557. The van der Waals surface area contributed by atoms with Crippen LogP contribution >= 0.6 is 24.0 Å². The van der Waals surface area contributed by atoms with Crippen molar-refractivity contribution in [1.29, 1.82) is 0 Å². The zero-order valence-corrected chi connectivity index (χ0v) is 20.9. The number of carbonyl (C=O) groups is 2. The Bertz CT molecular complexity index is 563. The molecule has 0 aromatic carbocycles. The van der Waals surface area contributed by atoms with Gasteiger partial charge in [0.05, 0.1) is 12.1 Å². The molecule has 3 aliphatic heterocycles. The van der Waals surface area contributed by atoms with E-state index >= 15 is 0 Å². The number of nitrogens with zero attached hydrogens (tertiary/aromatic N) is 2. The van der Waals surface area contributed by atoms with E-state index in [-0.39, 0.29) is 53.6 Å². The summed E-state index contributed by atoms with van der Waals surface area (Å²) in [5.41, 5.74) is 0. The summed E-state index contributed by atoms with van der Waals surface area (Å²) in [7, 11) is 0. The summed E-state index contributed by atoms with van der Waals surface area (Å²) in [6, 6.07) is 0.495. The number of hydrogen-bond donors (Lipinski definition) is 3. The molecule has 0 aliphatic carbocycles. The summed E-state index contributed by atoms with van der Waals surface area (Å²) in [5.74, 6) is 1.12. The van der Waals surface area contributed by atoms with Crippen LogP contribution in [0.15, 0.2) is 0 Å². The van der Waals surface area contributed by atoms with Crippen molar-refractivity contribution in [3.63, 3.8) is 0 Å². The van der Waals surface area contributed by atoms with Gasteiger partial charge in [0.25, 0.3) is 0 Å². The topological polar surface area (TPSA) is 76.7 Å². The average Bonchev–Trinajstić information content (AvgIpc) is 3.18. The summed E-state index contributed by atoms with van der Waals surface area (Å²) in [6.45, 7) is 5.22. The van der Waals surface area contributed by atoms with Gasteiger partial charge in [-0.15, -0.1) is 0 Å². The van der Waals surface area contributed by atoms with Crippen LogP contribution in [0.2, 0.25) is 0 Å². The summed E-state index contributed by atoms with van der Waals surface area (Å²) in [5, 5.41) is 9.47. The molecule has 11 heteroatoms. The van der Waals surface area contributed by atoms with Gasteiger partial charge in [-0.3, -0.25) is 9.69 Å². The van der Waals surface area contributed by atoms with Crippen LogP contribution in [0.5, 0.6) is 0 Å². The van der Waals surface area contributed by atoms with E-state index in [2.05, 4.69) is 25.8 Å². The first-order valence-corrected chi connectivity index (χ1v) is 11.5. The fourth-order valence-corrected chi connectivity index (χ4v) is 5.78. The molecule has 0 aromatic heterocycles. The molecule has 0 aromatic rings. The first-order valence-electron chi connectivity index (χ1n) is 9.66. The zero-order chi connectivity index (χ0) is 19.2. The Morgan fingerprint density at radius 2 is 2.00 bits per heavy atom. The van der Waals surface area contributed by atoms with E-state index in [1.165, 1.54) is 0 Å². The van der Waals surface area contributed by atoms with E-state index in [9.17, 15) is 9.59 Å². The third kappa shape index (κ3) is 7.14. The first-order chi connectivity index (χ1) is 13.0. The van der Waals surface area contributed by atoms with Crippen LogP contribution in [0, 0.1) is 0 Å². The number of rotatable bonds is 8. The standard InChI is InChI=1S/C17H29N5O2S3.Na/c23-14(18-5-6-21-7-9-22(10-8-21)17(25)26)4-2-1-3-13-15-12(11-27-13)19-16(24)20-15;/h12-13,15H,1-11H2,(H,18,23)(H,25,26)(H2,19,20,24);/q;+1/p-1. The predicted octanol–water partition coefficient (Wildman–Crippen LogP) is -2.72. The fraction of sp³-hybridized carbons (Fsp3) is 0.824. The maximum atomic E-state index is 12.0. The molecular weight excluding hydrogens is 425 g/mol. The smallest absolute Gasteiger partial charge is 0.411 e. The van der Waals surface area contributed by atoms with Crippen molar-refractivity contribution in [3.05, 3.63) is 0 Å². The van der Waals surface area contributed by atoms with Crippen LogP contribution in [-0.2, 0) is 17.4 Å². The van der Waals surface area contributed by atoms with Crippen LogP contribution < -0.4 is 45.5 Å². The Balaban J connectivity index is 0.00000280. The van der Waals surface area contributed by atoms with Gasteiger partial charge in [-0.25, -0.2) is 4.79 Å². The second-order valence-electron chi connectivity index (χ2n) is 7.31. The van der Waals surface area contributed by atoms with Gasteiger partial charge >= 0.3 is 35.6 Å². The Morgan fingerprint density at radius 3 is 2.71 bits per heavy atom. The molecule has 3 N–H and O–H groups in total. The maximum Gasteiger partial charge on any atom is 1.00 e. The SMILES string of the molecule is O=C(CCCCC1SCC2NC(=O)NC21)NCCN1CCN(C(=S)[S-])CC1.[Na+]. The largest absolute Gasteiger partial charge is 1.00 e. The van der Waals surface area contributed by atoms with E-state index in [0.717, 1.165) is 57.7 Å². The Kier molecular flexibility index (Phi) is 10.6. The molecule has 3 amide bonds. The molecule has 3 saturated heterocycles. The van der Waals surface area contributed by atoms with Gasteiger partial charge in [0.15, 0.2) is 0 Å². The van der Waals surface area contributed by atoms with E-state index in [1.54, 1.807) is 0 Å². The van der Waals surface area contributed by atoms with Crippen molar-refractivity contribution in [3.8, 4) is 0 Å². The Morgan fingerprint density at radius 1 is 1.25 bits per heavy atom. The predicted molar refractivity (Wildman–Crippen MR) is 115 cm³/mol. The number of fused-ring (bicyclic) bond motifs is 1. The monoisotopic (exact) mass is 453 g/mol. The number of piperazine rings is 1. The molecule has 0 spiro atoms. The molecule has 0 bridgehead atoms. The van der Waals surface area contributed by atoms with Crippen LogP contribution in [0.3, 0.4) is 0 Å². The number of thiocarbonyl (C=S) groups is 1. The molecule has 152 valence electrons. The Labute approximate surface area is 204 Å². The van der Waals surface area contributed by atoms with Crippen molar-refractivity contribution < 1.29 is 39.1 Å². The fourth-order valence-electron chi connectivity index (χ4n) is 3.87. The molecular formula is C17H28N5NaO2S3. The zero-order valence-electron chi connectivity index (χ0n) is 16.4. The minimum Gasteiger partial charge on any atom is -0.411 e. The number of urea groups is 1. The third-order valence-electron chi connectivity index (χ3n) is 5.46. The number of nitrogens with one attached hydrogen (secondary N) is 3. The summed E-state index contributed by atoms with van der Waals surface area (Å²) in [4.78, 5) is 27.8. The van der Waals surface area contributed by atoms with Crippen molar-refractivity contribution >= 4 is 52.9 Å². The van der Waals surface area contributed by atoms with Crippen LogP contribution in [0.4, 0.5) is 4.79 Å². The molecule has 3 rings (SSSR count). The molecule has 0 radical (unpaired) electrons. The minimum atomic E-state index is -0.0389. The minimum absolute atomic E-state index is 0. The summed E-state index contributed by atoms with van der Waals surface area (Å²) >= 11 is 12.0. The van der Waals surface area contributed by atoms with E-state index in [0.29, 0.717) is 22.5 Å². The molecule has 3 fully saturated rings. The van der Waals surface area contributed by atoms with Crippen LogP contribution in [0.25, 0.3) is 0 Å². The van der Waals surface area contributed by atoms with Gasteiger partial charge in [-0.2, -0.15) is 11.8 Å². The van der Waals surface area contributed by atoms with Crippen molar-refractivity contribution in [1.82, 2.24) is 25.8 Å². The number of amides is 3. The maximum absolute atomic E-state index is 12.0. The molecule has 3 unspecified atom stereocenters. The first kappa shape index (κ1) is 24.4. The van der Waals surface area contributed by atoms with Gasteiger partial charge in [0, 0.05) is 56.7 Å². The number of unbranched alkanes of at least 4 members (excludes halogenated alkanes) is 1. The second-order valence-corrected chi connectivity index (χ2v) is 9.62. The van der Waals surface area contributed by atoms with E-state index in [1.807, 2.05) is 11.8 Å². The van der Waals surface area contributed by atoms with Crippen molar-refractivity contribution in [2.45, 2.75) is 43.0 Å². The molecule has 3 heterocycles. The van der Waals surface area contributed by atoms with Crippen molar-refractivity contribution in [2.24, 2.45) is 0 Å². The normalized spacial score (nSPS) is 26.8. The van der Waals surface area contributed by atoms with E-state index < -0.39 is 0 Å². The molecule has 3 atom stereocenters. The van der Waals surface area contributed by atoms with Crippen molar-refractivity contribution in [2.75, 3.05) is 45.0 Å². The average molecular weight is 454 g/mol. The molecule has 7 nitrogen and oxygen atoms in total. The number of hydrogen-bond acceptors (Lipinski definition) is 6. The second kappa shape index (κ2) is 12.1. The van der Waals surface area contributed by atoms with Gasteiger partial charge in [-0.05, 0) is 12.8 Å². The summed E-state index contributed by atoms with van der Waals surface area (Å²) in [6.07, 6.45) is 3.55. The molecule has 3 aliphatic rings. The van der Waals surface area contributed by atoms with Gasteiger partial charge in [0.2, 0.25) is 5.91 Å². The molecule has 0 saturated carbocycles. The van der Waals surface area contributed by atoms with Gasteiger partial charge in [-0.1, -0.05) is 10.7 Å². The van der Waals surface area contributed by atoms with Gasteiger partial charge < -0.3 is 45.7 Å². The number of carbonyl (C=O) groups excluding carboxylic acids is 2. The quantitative estimate of drug-likeness (QED) is 0.121. The van der Waals surface area contributed by atoms with E-state index in [4.69, 9.17) is 24.8 Å². The van der Waals surface area contributed by atoms with Crippen LogP contribution in [0.1, 0.15) is 25.7 Å².